The molecule has 0 radical (unpaired) electrons. The number of halogens is 2. The highest BCUT2D eigenvalue weighted by Gasteiger charge is 2.09. The molecule has 0 bridgehead atoms. The van der Waals surface area contributed by atoms with Gasteiger partial charge >= 0.3 is 5.97 Å². The van der Waals surface area contributed by atoms with Crippen molar-refractivity contribution >= 4 is 29.5 Å². The first-order valence-corrected chi connectivity index (χ1v) is 6.70. The summed E-state index contributed by atoms with van der Waals surface area (Å²) in [5, 5.41) is 12.6. The van der Waals surface area contributed by atoms with Crippen molar-refractivity contribution in [1.82, 2.24) is 10.6 Å². The van der Waals surface area contributed by atoms with Crippen LogP contribution >= 0.6 is 11.8 Å². The molecule has 21 heavy (non-hydrogen) atoms. The first kappa shape index (κ1) is 16.9. The third-order valence-electron chi connectivity index (χ3n) is 2.14. The lowest BCUT2D eigenvalue weighted by Crippen LogP contribution is -2.39. The Morgan fingerprint density at radius 1 is 1.10 bits per heavy atom. The number of benzene rings is 1. The average molecular weight is 318 g/mol. The SMILES string of the molecule is O=C(O)CNC(=O)CNC(=O)CSc1ccc(F)cc1F. The third-order valence-corrected chi connectivity index (χ3v) is 3.18. The van der Waals surface area contributed by atoms with Crippen LogP contribution in [-0.2, 0) is 14.4 Å². The summed E-state index contributed by atoms with van der Waals surface area (Å²) in [6, 6.07) is 2.99. The molecule has 2 amide bonds. The zero-order valence-electron chi connectivity index (χ0n) is 10.7. The average Bonchev–Trinajstić information content (AvgIpc) is 2.41. The first-order chi connectivity index (χ1) is 9.88. The minimum absolute atomic E-state index is 0.113. The molecule has 0 aliphatic rings. The molecule has 9 heteroatoms. The molecule has 0 aromatic heterocycles. The number of hydrogen-bond acceptors (Lipinski definition) is 4. The summed E-state index contributed by atoms with van der Waals surface area (Å²) in [4.78, 5) is 32.8. The molecular weight excluding hydrogens is 306 g/mol. The van der Waals surface area contributed by atoms with Crippen molar-refractivity contribution in [2.24, 2.45) is 0 Å². The minimum Gasteiger partial charge on any atom is -0.480 e. The predicted octanol–water partition coefficient (Wildman–Crippen LogP) is 0.374. The van der Waals surface area contributed by atoms with Gasteiger partial charge < -0.3 is 15.7 Å². The molecule has 1 rings (SSSR count). The Morgan fingerprint density at radius 2 is 1.76 bits per heavy atom. The van der Waals surface area contributed by atoms with E-state index in [-0.39, 0.29) is 17.2 Å². The molecule has 1 aromatic rings. The number of carbonyl (C=O) groups excluding carboxylic acids is 2. The van der Waals surface area contributed by atoms with E-state index in [4.69, 9.17) is 5.11 Å². The number of amides is 2. The number of thioether (sulfide) groups is 1. The topological polar surface area (TPSA) is 95.5 Å². The maximum Gasteiger partial charge on any atom is 0.322 e. The van der Waals surface area contributed by atoms with Crippen molar-refractivity contribution in [3.8, 4) is 0 Å². The van der Waals surface area contributed by atoms with Gasteiger partial charge in [0.05, 0.1) is 12.3 Å². The van der Waals surface area contributed by atoms with E-state index in [1.54, 1.807) is 0 Å². The monoisotopic (exact) mass is 318 g/mol. The van der Waals surface area contributed by atoms with Gasteiger partial charge in [0.25, 0.3) is 0 Å². The Labute approximate surface area is 122 Å². The van der Waals surface area contributed by atoms with Crippen LogP contribution in [0.4, 0.5) is 8.78 Å². The quantitative estimate of drug-likeness (QED) is 0.632. The van der Waals surface area contributed by atoms with E-state index in [1.165, 1.54) is 6.07 Å². The van der Waals surface area contributed by atoms with Crippen LogP contribution in [0.3, 0.4) is 0 Å². The summed E-state index contributed by atoms with van der Waals surface area (Å²) >= 11 is 0.854. The molecule has 6 nitrogen and oxygen atoms in total. The summed E-state index contributed by atoms with van der Waals surface area (Å²) in [5.41, 5.74) is 0. The Hall–Kier alpha value is -2.16. The molecule has 0 saturated carbocycles. The van der Waals surface area contributed by atoms with E-state index in [1.807, 2.05) is 0 Å². The van der Waals surface area contributed by atoms with Crippen LogP contribution in [0.1, 0.15) is 0 Å². The minimum atomic E-state index is -1.20. The van der Waals surface area contributed by atoms with Gasteiger partial charge in [-0.15, -0.1) is 11.8 Å². The summed E-state index contributed by atoms with van der Waals surface area (Å²) in [7, 11) is 0. The van der Waals surface area contributed by atoms with Gasteiger partial charge in [-0.05, 0) is 12.1 Å². The van der Waals surface area contributed by atoms with Crippen molar-refractivity contribution in [3.05, 3.63) is 29.8 Å². The van der Waals surface area contributed by atoms with Gasteiger partial charge in [-0.2, -0.15) is 0 Å². The zero-order chi connectivity index (χ0) is 15.8. The number of aliphatic carboxylic acids is 1. The molecule has 0 spiro atoms. The smallest absolute Gasteiger partial charge is 0.322 e. The molecule has 0 aliphatic carbocycles. The largest absolute Gasteiger partial charge is 0.480 e. The number of carboxylic acid groups (broad SMARTS) is 1. The maximum atomic E-state index is 13.3. The van der Waals surface area contributed by atoms with Gasteiger partial charge in [-0.1, -0.05) is 0 Å². The molecule has 3 N–H and O–H groups in total. The zero-order valence-corrected chi connectivity index (χ0v) is 11.5. The summed E-state index contributed by atoms with van der Waals surface area (Å²) in [6.45, 7) is -0.914. The number of carbonyl (C=O) groups is 3. The molecule has 0 aliphatic heterocycles. The number of carboxylic acids is 1. The van der Waals surface area contributed by atoms with Crippen LogP contribution in [0.25, 0.3) is 0 Å². The van der Waals surface area contributed by atoms with Crippen molar-refractivity contribution in [2.75, 3.05) is 18.8 Å². The fourth-order valence-corrected chi connectivity index (χ4v) is 1.95. The Bertz CT molecular complexity index is 554. The fraction of sp³-hybridized carbons (Fsp3) is 0.250. The highest BCUT2D eigenvalue weighted by Crippen LogP contribution is 2.21. The molecule has 0 fully saturated rings. The Balaban J connectivity index is 2.31. The lowest BCUT2D eigenvalue weighted by molar-refractivity contribution is -0.137. The van der Waals surface area contributed by atoms with E-state index >= 15 is 0 Å². The van der Waals surface area contributed by atoms with E-state index in [0.717, 1.165) is 17.8 Å². The number of hydrogen-bond donors (Lipinski definition) is 3. The van der Waals surface area contributed by atoms with Gasteiger partial charge in [0, 0.05) is 11.0 Å². The van der Waals surface area contributed by atoms with Crippen LogP contribution < -0.4 is 10.6 Å². The molecular formula is C12H12F2N2O4S. The predicted molar refractivity (Wildman–Crippen MR) is 70.7 cm³/mol. The lowest BCUT2D eigenvalue weighted by Gasteiger charge is -2.06. The number of rotatable bonds is 7. The molecule has 0 heterocycles. The van der Waals surface area contributed by atoms with Crippen molar-refractivity contribution in [1.29, 1.82) is 0 Å². The van der Waals surface area contributed by atoms with Crippen LogP contribution in [0, 0.1) is 11.6 Å². The van der Waals surface area contributed by atoms with Crippen molar-refractivity contribution in [2.45, 2.75) is 4.90 Å². The normalized spacial score (nSPS) is 10.0. The highest BCUT2D eigenvalue weighted by molar-refractivity contribution is 8.00. The van der Waals surface area contributed by atoms with E-state index in [2.05, 4.69) is 10.6 Å². The van der Waals surface area contributed by atoms with Gasteiger partial charge in [-0.3, -0.25) is 14.4 Å². The molecule has 0 unspecified atom stereocenters. The molecule has 114 valence electrons. The second-order valence-corrected chi connectivity index (χ2v) is 4.83. The summed E-state index contributed by atoms with van der Waals surface area (Å²) < 4.78 is 25.9. The summed E-state index contributed by atoms with van der Waals surface area (Å²) in [6.07, 6.45) is 0. The second kappa shape index (κ2) is 8.20. The van der Waals surface area contributed by atoms with Crippen LogP contribution in [0.15, 0.2) is 23.1 Å². The van der Waals surface area contributed by atoms with Gasteiger partial charge in [-0.25, -0.2) is 8.78 Å². The lowest BCUT2D eigenvalue weighted by atomic mass is 10.3. The molecule has 0 atom stereocenters. The van der Waals surface area contributed by atoms with Crippen molar-refractivity contribution in [3.63, 3.8) is 0 Å². The first-order valence-electron chi connectivity index (χ1n) is 5.71. The Kier molecular flexibility index (Phi) is 6.60. The maximum absolute atomic E-state index is 13.3. The highest BCUT2D eigenvalue weighted by atomic mass is 32.2. The fourth-order valence-electron chi connectivity index (χ4n) is 1.20. The standard InChI is InChI=1S/C12H12F2N2O4S/c13-7-1-2-9(8(14)3-7)21-6-11(18)15-4-10(17)16-5-12(19)20/h1-3H,4-6H2,(H,15,18)(H,16,17)(H,19,20). The van der Waals surface area contributed by atoms with Crippen molar-refractivity contribution < 1.29 is 28.3 Å². The third kappa shape index (κ3) is 6.70. The molecule has 0 saturated heterocycles. The Morgan fingerprint density at radius 3 is 2.38 bits per heavy atom. The van der Waals surface area contributed by atoms with Crippen LogP contribution in [-0.4, -0.2) is 41.7 Å². The van der Waals surface area contributed by atoms with Gasteiger partial charge in [0.2, 0.25) is 11.8 Å². The van der Waals surface area contributed by atoms with Gasteiger partial charge in [0.1, 0.15) is 18.2 Å². The van der Waals surface area contributed by atoms with Crippen LogP contribution in [0.2, 0.25) is 0 Å². The van der Waals surface area contributed by atoms with E-state index in [0.29, 0.717) is 6.07 Å². The molecule has 1 aromatic carbocycles. The second-order valence-electron chi connectivity index (χ2n) is 3.81. The van der Waals surface area contributed by atoms with E-state index < -0.39 is 36.0 Å². The van der Waals surface area contributed by atoms with E-state index in [9.17, 15) is 23.2 Å². The van der Waals surface area contributed by atoms with Crippen LogP contribution in [0.5, 0.6) is 0 Å². The van der Waals surface area contributed by atoms with Gasteiger partial charge in [0.15, 0.2) is 0 Å². The number of nitrogens with one attached hydrogen (secondary N) is 2. The summed E-state index contributed by atoms with van der Waals surface area (Å²) in [5.74, 6) is -4.02.